The summed E-state index contributed by atoms with van der Waals surface area (Å²) >= 11 is 1.47. The van der Waals surface area contributed by atoms with Crippen molar-refractivity contribution < 1.29 is 9.59 Å². The number of nitrogens with one attached hydrogen (secondary N) is 1. The van der Waals surface area contributed by atoms with Crippen molar-refractivity contribution >= 4 is 28.3 Å². The summed E-state index contributed by atoms with van der Waals surface area (Å²) in [4.78, 5) is 30.9. The molecule has 22 heavy (non-hydrogen) atoms. The van der Waals surface area contributed by atoms with E-state index in [1.54, 1.807) is 0 Å². The highest BCUT2D eigenvalue weighted by molar-refractivity contribution is 7.13. The normalized spacial score (nSPS) is 22.0. The van der Waals surface area contributed by atoms with Crippen LogP contribution in [-0.2, 0) is 9.59 Å². The number of amides is 2. The average molecular weight is 321 g/mol. The second-order valence-corrected chi connectivity index (χ2v) is 7.48. The maximum Gasteiger partial charge on any atom is 0.231 e. The number of anilines is 1. The lowest BCUT2D eigenvalue weighted by molar-refractivity contribution is -0.135. The quantitative estimate of drug-likeness (QED) is 0.927. The second-order valence-electron chi connectivity index (χ2n) is 6.62. The minimum absolute atomic E-state index is 0.00190. The minimum atomic E-state index is -0.108. The molecule has 2 amide bonds. The van der Waals surface area contributed by atoms with E-state index in [9.17, 15) is 9.59 Å². The zero-order valence-electron chi connectivity index (χ0n) is 13.2. The topological polar surface area (TPSA) is 62.3 Å². The molecule has 0 aromatic carbocycles. The van der Waals surface area contributed by atoms with Gasteiger partial charge in [-0.25, -0.2) is 4.98 Å². The molecule has 1 N–H and O–H groups in total. The van der Waals surface area contributed by atoms with Crippen LogP contribution < -0.4 is 5.32 Å². The van der Waals surface area contributed by atoms with Gasteiger partial charge in [0.15, 0.2) is 5.13 Å². The number of thiazole rings is 1. The molecule has 1 aromatic rings. The smallest absolute Gasteiger partial charge is 0.231 e. The molecular weight excluding hydrogens is 298 g/mol. The Labute approximate surface area is 135 Å². The summed E-state index contributed by atoms with van der Waals surface area (Å²) in [5, 5.41) is 5.58. The fourth-order valence-corrected chi connectivity index (χ4v) is 3.67. The predicted molar refractivity (Wildman–Crippen MR) is 86.9 cm³/mol. The van der Waals surface area contributed by atoms with E-state index in [-0.39, 0.29) is 23.7 Å². The van der Waals surface area contributed by atoms with Gasteiger partial charge < -0.3 is 10.2 Å². The highest BCUT2D eigenvalue weighted by atomic mass is 32.1. The lowest BCUT2D eigenvalue weighted by Crippen LogP contribution is -2.44. The van der Waals surface area contributed by atoms with E-state index >= 15 is 0 Å². The van der Waals surface area contributed by atoms with Gasteiger partial charge in [-0.05, 0) is 31.6 Å². The Kier molecular flexibility index (Phi) is 4.47. The van der Waals surface area contributed by atoms with Crippen LogP contribution in [0.2, 0.25) is 0 Å². The first kappa shape index (κ1) is 15.5. The highest BCUT2D eigenvalue weighted by Crippen LogP contribution is 2.32. The first-order valence-electron chi connectivity index (χ1n) is 8.09. The number of rotatable bonds is 4. The van der Waals surface area contributed by atoms with Crippen molar-refractivity contribution in [1.29, 1.82) is 0 Å². The third kappa shape index (κ3) is 3.48. The lowest BCUT2D eigenvalue weighted by Gasteiger charge is -2.32. The monoisotopic (exact) mass is 321 g/mol. The zero-order valence-corrected chi connectivity index (χ0v) is 14.0. The molecule has 0 bridgehead atoms. The largest absolute Gasteiger partial charge is 0.342 e. The van der Waals surface area contributed by atoms with Gasteiger partial charge in [-0.3, -0.25) is 9.59 Å². The summed E-state index contributed by atoms with van der Waals surface area (Å²) in [7, 11) is 0. The third-order valence-corrected chi connectivity index (χ3v) is 5.15. The molecule has 5 nitrogen and oxygen atoms in total. The summed E-state index contributed by atoms with van der Waals surface area (Å²) in [5.74, 6) is 0.729. The van der Waals surface area contributed by atoms with Crippen molar-refractivity contribution in [3.05, 3.63) is 11.1 Å². The first-order valence-corrected chi connectivity index (χ1v) is 8.97. The molecule has 1 aliphatic carbocycles. The van der Waals surface area contributed by atoms with Crippen molar-refractivity contribution in [2.75, 3.05) is 18.4 Å². The van der Waals surface area contributed by atoms with Crippen molar-refractivity contribution in [2.45, 2.75) is 45.4 Å². The van der Waals surface area contributed by atoms with E-state index in [0.29, 0.717) is 17.6 Å². The zero-order chi connectivity index (χ0) is 15.7. The van der Waals surface area contributed by atoms with Crippen LogP contribution >= 0.6 is 11.3 Å². The summed E-state index contributed by atoms with van der Waals surface area (Å²) in [6.45, 7) is 5.53. The van der Waals surface area contributed by atoms with E-state index in [1.807, 2.05) is 10.3 Å². The van der Waals surface area contributed by atoms with Gasteiger partial charge in [0.2, 0.25) is 11.8 Å². The second kappa shape index (κ2) is 6.36. The van der Waals surface area contributed by atoms with Gasteiger partial charge in [-0.15, -0.1) is 11.3 Å². The Morgan fingerprint density at radius 2 is 2.09 bits per heavy atom. The van der Waals surface area contributed by atoms with Gasteiger partial charge >= 0.3 is 0 Å². The number of carbonyl (C=O) groups is 2. The summed E-state index contributed by atoms with van der Waals surface area (Å²) < 4.78 is 0. The summed E-state index contributed by atoms with van der Waals surface area (Å²) in [5.41, 5.74) is 1.01. The van der Waals surface area contributed by atoms with Gasteiger partial charge in [0.05, 0.1) is 11.6 Å². The van der Waals surface area contributed by atoms with Gasteiger partial charge in [-0.2, -0.15) is 0 Å². The van der Waals surface area contributed by atoms with Crippen LogP contribution in [0, 0.1) is 11.8 Å². The number of nitrogens with zero attached hydrogens (tertiary/aromatic N) is 2. The Bertz CT molecular complexity index is 565. The molecule has 1 saturated heterocycles. The van der Waals surface area contributed by atoms with E-state index in [4.69, 9.17) is 0 Å². The molecule has 2 heterocycles. The highest BCUT2D eigenvalue weighted by Gasteiger charge is 2.36. The Balaban J connectivity index is 1.57. The fourth-order valence-electron chi connectivity index (χ4n) is 2.80. The van der Waals surface area contributed by atoms with Crippen LogP contribution in [0.15, 0.2) is 5.38 Å². The molecule has 1 aromatic heterocycles. The molecule has 0 spiro atoms. The van der Waals surface area contributed by atoms with Crippen LogP contribution in [0.5, 0.6) is 0 Å². The number of hydrogen-bond acceptors (Lipinski definition) is 4. The molecule has 2 fully saturated rings. The van der Waals surface area contributed by atoms with Gasteiger partial charge in [0.1, 0.15) is 0 Å². The molecule has 0 unspecified atom stereocenters. The van der Waals surface area contributed by atoms with Crippen molar-refractivity contribution in [1.82, 2.24) is 9.88 Å². The predicted octanol–water partition coefficient (Wildman–Crippen LogP) is 2.85. The van der Waals surface area contributed by atoms with E-state index in [1.165, 1.54) is 11.3 Å². The van der Waals surface area contributed by atoms with Crippen LogP contribution in [0.3, 0.4) is 0 Å². The summed E-state index contributed by atoms with van der Waals surface area (Å²) in [6.07, 6.45) is 3.79. The standard InChI is InChI=1S/C16H23N3O2S/c1-10(2)13-9-22-16(17-13)18-14(20)12-4-3-7-19(8-12)15(21)11-5-6-11/h9-12H,3-8H2,1-2H3,(H,17,18,20)/t12-/m0/s1. The molecule has 1 aliphatic heterocycles. The molecule has 2 aliphatic rings. The first-order chi connectivity index (χ1) is 10.5. The van der Waals surface area contributed by atoms with Crippen LogP contribution in [0.25, 0.3) is 0 Å². The third-order valence-electron chi connectivity index (χ3n) is 4.37. The molecular formula is C16H23N3O2S. The maximum absolute atomic E-state index is 12.4. The van der Waals surface area contributed by atoms with E-state index < -0.39 is 0 Å². The number of likely N-dealkylation sites (tertiary alicyclic amines) is 1. The van der Waals surface area contributed by atoms with Gasteiger partial charge in [-0.1, -0.05) is 13.8 Å². The number of carbonyl (C=O) groups excluding carboxylic acids is 2. The van der Waals surface area contributed by atoms with Crippen molar-refractivity contribution in [3.63, 3.8) is 0 Å². The fraction of sp³-hybridized carbons (Fsp3) is 0.688. The molecule has 120 valence electrons. The molecule has 0 radical (unpaired) electrons. The number of hydrogen-bond donors (Lipinski definition) is 1. The molecule has 1 atom stereocenters. The molecule has 6 heteroatoms. The van der Waals surface area contributed by atoms with Crippen molar-refractivity contribution in [2.24, 2.45) is 11.8 Å². The number of piperidine rings is 1. The van der Waals surface area contributed by atoms with Gasteiger partial charge in [0, 0.05) is 24.4 Å². The number of aromatic nitrogens is 1. The van der Waals surface area contributed by atoms with E-state index in [0.717, 1.165) is 37.9 Å². The molecule has 1 saturated carbocycles. The molecule has 3 rings (SSSR count). The lowest BCUT2D eigenvalue weighted by atomic mass is 9.97. The SMILES string of the molecule is CC(C)c1csc(NC(=O)[C@H]2CCCN(C(=O)C3CC3)C2)n1. The Hall–Kier alpha value is -1.43. The Morgan fingerprint density at radius 1 is 1.32 bits per heavy atom. The minimum Gasteiger partial charge on any atom is -0.342 e. The maximum atomic E-state index is 12.4. The average Bonchev–Trinajstić information content (AvgIpc) is 3.26. The van der Waals surface area contributed by atoms with Crippen LogP contribution in [0.4, 0.5) is 5.13 Å². The van der Waals surface area contributed by atoms with Crippen LogP contribution in [0.1, 0.15) is 51.1 Å². The summed E-state index contributed by atoms with van der Waals surface area (Å²) in [6, 6.07) is 0. The van der Waals surface area contributed by atoms with E-state index in [2.05, 4.69) is 24.1 Å². The Morgan fingerprint density at radius 3 is 2.73 bits per heavy atom. The van der Waals surface area contributed by atoms with Gasteiger partial charge in [0.25, 0.3) is 0 Å². The van der Waals surface area contributed by atoms with Crippen LogP contribution in [-0.4, -0.2) is 34.8 Å². The van der Waals surface area contributed by atoms with Crippen molar-refractivity contribution in [3.8, 4) is 0 Å².